The Balaban J connectivity index is 2.33. The lowest BCUT2D eigenvalue weighted by molar-refractivity contribution is 0.663. The topological polar surface area (TPSA) is 119 Å². The molecule has 0 aliphatic heterocycles. The van der Waals surface area contributed by atoms with Crippen molar-refractivity contribution in [3.8, 4) is 0 Å². The van der Waals surface area contributed by atoms with Crippen LogP contribution in [-0.2, 0) is 7.05 Å². The first-order valence-electron chi connectivity index (χ1n) is 4.66. The van der Waals surface area contributed by atoms with Gasteiger partial charge in [-0.3, -0.25) is 5.41 Å². The number of aryl methyl sites for hydroxylation is 2. The van der Waals surface area contributed by atoms with Gasteiger partial charge < -0.3 is 5.73 Å². The molecule has 2 aromatic rings. The van der Waals surface area contributed by atoms with Crippen molar-refractivity contribution in [2.75, 3.05) is 0 Å². The number of nitrogens with zero attached hydrogens (tertiary/aromatic N) is 6. The van der Waals surface area contributed by atoms with Crippen LogP contribution in [0.3, 0.4) is 0 Å². The van der Waals surface area contributed by atoms with E-state index in [0.29, 0.717) is 16.0 Å². The second-order valence-electron chi connectivity index (χ2n) is 3.28. The Labute approximate surface area is 101 Å². The van der Waals surface area contributed by atoms with Gasteiger partial charge in [-0.15, -0.1) is 5.10 Å². The lowest BCUT2D eigenvalue weighted by Gasteiger charge is -2.03. The molecule has 0 fully saturated rings. The quantitative estimate of drug-likeness (QED) is 0.437. The molecule has 17 heavy (non-hydrogen) atoms. The lowest BCUT2D eigenvalue weighted by Crippen LogP contribution is -2.14. The fraction of sp³-hybridized carbons (Fsp3) is 0.250. The van der Waals surface area contributed by atoms with E-state index in [0.717, 1.165) is 5.69 Å². The molecule has 9 heteroatoms. The van der Waals surface area contributed by atoms with Crippen molar-refractivity contribution in [1.82, 2.24) is 30.2 Å². The van der Waals surface area contributed by atoms with Gasteiger partial charge in [0.1, 0.15) is 11.5 Å². The first-order valence-corrected chi connectivity index (χ1v) is 5.48. The van der Waals surface area contributed by atoms with E-state index < -0.39 is 0 Å². The Morgan fingerprint density at radius 1 is 1.47 bits per heavy atom. The Kier molecular flexibility index (Phi) is 3.00. The van der Waals surface area contributed by atoms with Crippen molar-refractivity contribution in [1.29, 1.82) is 5.41 Å². The lowest BCUT2D eigenvalue weighted by atomic mass is 10.3. The molecule has 0 atom stereocenters. The van der Waals surface area contributed by atoms with E-state index in [1.54, 1.807) is 13.1 Å². The molecule has 8 nitrogen and oxygen atoms in total. The number of nitrogens with two attached hydrogens (primary N) is 1. The van der Waals surface area contributed by atoms with Crippen LogP contribution in [0.2, 0.25) is 0 Å². The van der Waals surface area contributed by atoms with Crippen molar-refractivity contribution >= 4 is 17.6 Å². The van der Waals surface area contributed by atoms with Crippen molar-refractivity contribution < 1.29 is 0 Å². The summed E-state index contributed by atoms with van der Waals surface area (Å²) in [6.45, 7) is 1.81. The van der Waals surface area contributed by atoms with Crippen molar-refractivity contribution in [3.05, 3.63) is 17.5 Å². The minimum Gasteiger partial charge on any atom is -0.382 e. The van der Waals surface area contributed by atoms with E-state index in [1.807, 2.05) is 6.92 Å². The summed E-state index contributed by atoms with van der Waals surface area (Å²) in [6, 6.07) is 1.65. The zero-order valence-corrected chi connectivity index (χ0v) is 10.1. The third-order valence-corrected chi connectivity index (χ3v) is 2.77. The predicted molar refractivity (Wildman–Crippen MR) is 60.7 cm³/mol. The number of nitrogen functional groups attached to an aromatic ring is 1. The summed E-state index contributed by atoms with van der Waals surface area (Å²) in [5, 5.41) is 19.4. The summed E-state index contributed by atoms with van der Waals surface area (Å²) >= 11 is 1.22. The fourth-order valence-corrected chi connectivity index (χ4v) is 1.86. The van der Waals surface area contributed by atoms with Crippen LogP contribution in [0.15, 0.2) is 16.4 Å². The maximum Gasteiger partial charge on any atom is 0.216 e. The van der Waals surface area contributed by atoms with E-state index in [4.69, 9.17) is 11.1 Å². The van der Waals surface area contributed by atoms with Crippen LogP contribution < -0.4 is 5.73 Å². The van der Waals surface area contributed by atoms with Crippen LogP contribution in [-0.4, -0.2) is 36.0 Å². The van der Waals surface area contributed by atoms with Crippen molar-refractivity contribution in [2.45, 2.75) is 17.2 Å². The van der Waals surface area contributed by atoms with Gasteiger partial charge in [0, 0.05) is 12.7 Å². The molecule has 3 N–H and O–H groups in total. The van der Waals surface area contributed by atoms with Gasteiger partial charge in [0.05, 0.1) is 0 Å². The Morgan fingerprint density at radius 3 is 2.82 bits per heavy atom. The molecule has 0 aliphatic carbocycles. The molecule has 0 aliphatic rings. The highest BCUT2D eigenvalue weighted by Crippen LogP contribution is 2.21. The average Bonchev–Trinajstić information content (AvgIpc) is 2.63. The normalized spacial score (nSPS) is 10.5. The smallest absolute Gasteiger partial charge is 0.216 e. The highest BCUT2D eigenvalue weighted by Gasteiger charge is 2.10. The number of hydrogen-bond donors (Lipinski definition) is 2. The van der Waals surface area contributed by atoms with Crippen LogP contribution in [0.4, 0.5) is 0 Å². The van der Waals surface area contributed by atoms with E-state index in [2.05, 4.69) is 25.5 Å². The molecule has 0 bridgehead atoms. The van der Waals surface area contributed by atoms with Gasteiger partial charge in [-0.05, 0) is 35.2 Å². The second kappa shape index (κ2) is 4.45. The third kappa shape index (κ3) is 2.56. The number of hydrogen-bond acceptors (Lipinski definition) is 7. The van der Waals surface area contributed by atoms with Gasteiger partial charge in [-0.2, -0.15) is 0 Å². The summed E-state index contributed by atoms with van der Waals surface area (Å²) in [4.78, 5) is 8.37. The monoisotopic (exact) mass is 250 g/mol. The Hall–Kier alpha value is -2.03. The zero-order chi connectivity index (χ0) is 12.4. The van der Waals surface area contributed by atoms with Crippen molar-refractivity contribution in [2.24, 2.45) is 12.8 Å². The molecule has 88 valence electrons. The van der Waals surface area contributed by atoms with Crippen LogP contribution in [0.5, 0.6) is 0 Å². The van der Waals surface area contributed by atoms with Gasteiger partial charge in [0.15, 0.2) is 5.16 Å². The predicted octanol–water partition coefficient (Wildman–Crippen LogP) is -0.256. The molecule has 0 saturated heterocycles. The molecular weight excluding hydrogens is 240 g/mol. The van der Waals surface area contributed by atoms with Crippen molar-refractivity contribution in [3.63, 3.8) is 0 Å². The molecule has 0 amide bonds. The molecule has 0 radical (unpaired) electrons. The maximum absolute atomic E-state index is 7.35. The van der Waals surface area contributed by atoms with E-state index in [9.17, 15) is 0 Å². The number of aromatic nitrogens is 6. The van der Waals surface area contributed by atoms with Crippen LogP contribution in [0.25, 0.3) is 0 Å². The SMILES string of the molecule is Cc1cc(C(=N)N)nc(Sc2nnnn2C)n1. The first kappa shape index (κ1) is 11.5. The van der Waals surface area contributed by atoms with E-state index in [1.165, 1.54) is 16.4 Å². The summed E-state index contributed by atoms with van der Waals surface area (Å²) in [5.74, 6) is -0.0894. The fourth-order valence-electron chi connectivity index (χ4n) is 1.11. The molecule has 0 spiro atoms. The zero-order valence-electron chi connectivity index (χ0n) is 9.25. The van der Waals surface area contributed by atoms with Gasteiger partial charge in [-0.1, -0.05) is 0 Å². The molecule has 2 heterocycles. The molecule has 0 saturated carbocycles. The molecule has 2 rings (SSSR count). The number of rotatable bonds is 3. The van der Waals surface area contributed by atoms with Gasteiger partial charge in [-0.25, -0.2) is 14.6 Å². The Morgan fingerprint density at radius 2 is 2.24 bits per heavy atom. The highest BCUT2D eigenvalue weighted by molar-refractivity contribution is 7.99. The second-order valence-corrected chi connectivity index (χ2v) is 4.21. The largest absolute Gasteiger partial charge is 0.382 e. The van der Waals surface area contributed by atoms with E-state index in [-0.39, 0.29) is 5.84 Å². The summed E-state index contributed by atoms with van der Waals surface area (Å²) in [5.41, 5.74) is 6.53. The summed E-state index contributed by atoms with van der Waals surface area (Å²) in [7, 11) is 1.73. The molecule has 0 unspecified atom stereocenters. The summed E-state index contributed by atoms with van der Waals surface area (Å²) < 4.78 is 1.52. The first-order chi connectivity index (χ1) is 8.06. The average molecular weight is 250 g/mol. The number of tetrazole rings is 1. The molecule has 0 aromatic carbocycles. The third-order valence-electron chi connectivity index (χ3n) is 1.87. The standard InChI is InChI=1S/C8H10N8S/c1-4-3-5(6(9)10)12-7(11-4)17-8-13-14-15-16(8)2/h3H,1-2H3,(H3,9,10). The highest BCUT2D eigenvalue weighted by atomic mass is 32.2. The van der Waals surface area contributed by atoms with Crippen LogP contribution in [0, 0.1) is 12.3 Å². The van der Waals surface area contributed by atoms with E-state index >= 15 is 0 Å². The van der Waals surface area contributed by atoms with Gasteiger partial charge >= 0.3 is 0 Å². The molecule has 2 aromatic heterocycles. The van der Waals surface area contributed by atoms with Crippen LogP contribution in [0.1, 0.15) is 11.4 Å². The Bertz CT molecular complexity index is 562. The maximum atomic E-state index is 7.35. The minimum absolute atomic E-state index is 0.0894. The molecular formula is C8H10N8S. The number of nitrogens with one attached hydrogen (secondary N) is 1. The minimum atomic E-state index is -0.0894. The summed E-state index contributed by atoms with van der Waals surface area (Å²) in [6.07, 6.45) is 0. The number of amidine groups is 1. The van der Waals surface area contributed by atoms with Gasteiger partial charge in [0.2, 0.25) is 5.16 Å². The van der Waals surface area contributed by atoms with Crippen LogP contribution >= 0.6 is 11.8 Å². The van der Waals surface area contributed by atoms with Gasteiger partial charge in [0.25, 0.3) is 0 Å².